The summed E-state index contributed by atoms with van der Waals surface area (Å²) in [5.74, 6) is 1.37. The quantitative estimate of drug-likeness (QED) is 0.675. The standard InChI is InChI=1S/C26H37N3O3/c1-31-27-24-18-26(23-5-3-2-4-22(23)24)10-14-29(15-11-26)25(30)21-6-12-28(13-7-21)19-20-8-16-32-17-9-20/h2-5,20-21H,6-19H2,1H3/b27-24+. The molecule has 0 aromatic heterocycles. The third kappa shape index (κ3) is 4.32. The van der Waals surface area contributed by atoms with Crippen LogP contribution in [-0.2, 0) is 19.8 Å². The molecule has 3 fully saturated rings. The number of benzene rings is 1. The number of nitrogens with zero attached hydrogens (tertiary/aromatic N) is 3. The fourth-order valence-electron chi connectivity index (χ4n) is 6.42. The number of likely N-dealkylation sites (tertiary alicyclic amines) is 2. The lowest BCUT2D eigenvalue weighted by atomic mass is 9.73. The van der Waals surface area contributed by atoms with Gasteiger partial charge in [0.05, 0.1) is 5.71 Å². The van der Waals surface area contributed by atoms with E-state index in [2.05, 4.69) is 39.2 Å². The van der Waals surface area contributed by atoms with E-state index < -0.39 is 0 Å². The molecule has 1 amide bonds. The molecule has 0 unspecified atom stereocenters. The lowest BCUT2D eigenvalue weighted by Gasteiger charge is -2.42. The van der Waals surface area contributed by atoms with Gasteiger partial charge in [0.2, 0.25) is 5.91 Å². The van der Waals surface area contributed by atoms with Gasteiger partial charge in [-0.25, -0.2) is 0 Å². The van der Waals surface area contributed by atoms with Crippen molar-refractivity contribution >= 4 is 11.6 Å². The molecule has 0 atom stereocenters. The Morgan fingerprint density at radius 2 is 1.81 bits per heavy atom. The van der Waals surface area contributed by atoms with E-state index in [4.69, 9.17) is 9.57 Å². The first-order valence-corrected chi connectivity index (χ1v) is 12.5. The second-order valence-electron chi connectivity index (χ2n) is 10.2. The Bertz CT molecular complexity index is 832. The van der Waals surface area contributed by atoms with E-state index >= 15 is 0 Å². The van der Waals surface area contributed by atoms with Gasteiger partial charge in [-0.2, -0.15) is 0 Å². The first-order valence-electron chi connectivity index (χ1n) is 12.5. The average Bonchev–Trinajstić information content (AvgIpc) is 3.14. The van der Waals surface area contributed by atoms with Crippen LogP contribution in [0.4, 0.5) is 0 Å². The number of ether oxygens (including phenoxy) is 1. The predicted octanol–water partition coefficient (Wildman–Crippen LogP) is 3.44. The van der Waals surface area contributed by atoms with Crippen LogP contribution in [0, 0.1) is 11.8 Å². The van der Waals surface area contributed by atoms with Gasteiger partial charge in [-0.3, -0.25) is 4.79 Å². The lowest BCUT2D eigenvalue weighted by Crippen LogP contribution is -2.49. The van der Waals surface area contributed by atoms with Gasteiger partial charge in [0.25, 0.3) is 0 Å². The summed E-state index contributed by atoms with van der Waals surface area (Å²) in [5, 5.41) is 4.32. The molecule has 3 saturated heterocycles. The monoisotopic (exact) mass is 439 g/mol. The third-order valence-corrected chi connectivity index (χ3v) is 8.34. The zero-order valence-electron chi connectivity index (χ0n) is 19.4. The summed E-state index contributed by atoms with van der Waals surface area (Å²) in [6.07, 6.45) is 7.35. The maximum absolute atomic E-state index is 13.3. The normalized spacial score (nSPS) is 25.9. The van der Waals surface area contributed by atoms with Crippen molar-refractivity contribution < 1.29 is 14.4 Å². The fraction of sp³-hybridized carbons (Fsp3) is 0.692. The molecule has 1 aromatic rings. The summed E-state index contributed by atoms with van der Waals surface area (Å²) in [5.41, 5.74) is 3.78. The molecule has 0 radical (unpaired) electrons. The molecule has 3 aliphatic heterocycles. The Hall–Kier alpha value is -1.92. The molecule has 32 heavy (non-hydrogen) atoms. The topological polar surface area (TPSA) is 54.4 Å². The summed E-state index contributed by atoms with van der Waals surface area (Å²) in [6, 6.07) is 8.62. The van der Waals surface area contributed by atoms with Crippen LogP contribution in [0.2, 0.25) is 0 Å². The van der Waals surface area contributed by atoms with Crippen LogP contribution in [0.3, 0.4) is 0 Å². The van der Waals surface area contributed by atoms with Gasteiger partial charge in [0.15, 0.2) is 0 Å². The molecule has 6 nitrogen and oxygen atoms in total. The highest BCUT2D eigenvalue weighted by atomic mass is 16.6. The number of oxime groups is 1. The molecule has 0 saturated carbocycles. The Labute approximate surface area is 191 Å². The smallest absolute Gasteiger partial charge is 0.225 e. The molecule has 0 bridgehead atoms. The van der Waals surface area contributed by atoms with Crippen molar-refractivity contribution in [2.24, 2.45) is 17.0 Å². The van der Waals surface area contributed by atoms with Crippen molar-refractivity contribution in [2.75, 3.05) is 53.0 Å². The molecule has 6 heteroatoms. The molecule has 0 N–H and O–H groups in total. The predicted molar refractivity (Wildman–Crippen MR) is 125 cm³/mol. The van der Waals surface area contributed by atoms with E-state index in [1.807, 2.05) is 0 Å². The summed E-state index contributed by atoms with van der Waals surface area (Å²) < 4.78 is 5.50. The van der Waals surface area contributed by atoms with Gasteiger partial charge in [-0.15, -0.1) is 0 Å². The van der Waals surface area contributed by atoms with E-state index in [0.717, 1.165) is 83.1 Å². The lowest BCUT2D eigenvalue weighted by molar-refractivity contribution is -0.138. The minimum Gasteiger partial charge on any atom is -0.399 e. The number of fused-ring (bicyclic) bond motifs is 2. The molecular formula is C26H37N3O3. The number of carbonyl (C=O) groups is 1. The van der Waals surface area contributed by atoms with E-state index in [1.54, 1.807) is 7.11 Å². The molecule has 1 spiro atoms. The molecule has 1 aliphatic carbocycles. The Balaban J connectivity index is 1.15. The van der Waals surface area contributed by atoms with Gasteiger partial charge in [-0.1, -0.05) is 29.4 Å². The largest absolute Gasteiger partial charge is 0.399 e. The highest BCUT2D eigenvalue weighted by molar-refractivity contribution is 6.05. The van der Waals surface area contributed by atoms with Crippen molar-refractivity contribution in [1.82, 2.24) is 9.80 Å². The van der Waals surface area contributed by atoms with Gasteiger partial charge in [0, 0.05) is 56.2 Å². The zero-order chi connectivity index (χ0) is 22.0. The van der Waals surface area contributed by atoms with E-state index in [-0.39, 0.29) is 11.3 Å². The van der Waals surface area contributed by atoms with Crippen LogP contribution in [0.25, 0.3) is 0 Å². The summed E-state index contributed by atoms with van der Waals surface area (Å²) in [7, 11) is 1.62. The fourth-order valence-corrected chi connectivity index (χ4v) is 6.42. The van der Waals surface area contributed by atoms with Gasteiger partial charge in [-0.05, 0) is 63.1 Å². The molecule has 174 valence electrons. The van der Waals surface area contributed by atoms with Crippen LogP contribution in [0.1, 0.15) is 56.1 Å². The number of hydrogen-bond donors (Lipinski definition) is 0. The Morgan fingerprint density at radius 3 is 2.53 bits per heavy atom. The molecule has 1 aromatic carbocycles. The molecule has 4 aliphatic rings. The first-order chi connectivity index (χ1) is 15.7. The second kappa shape index (κ2) is 9.52. The summed E-state index contributed by atoms with van der Waals surface area (Å²) >= 11 is 0. The maximum atomic E-state index is 13.3. The summed E-state index contributed by atoms with van der Waals surface area (Å²) in [6.45, 7) is 6.86. The number of carbonyl (C=O) groups excluding carboxylic acids is 1. The number of piperidine rings is 2. The SMILES string of the molecule is CO/N=C1\CC2(CCN(C(=O)C3CCN(CC4CCOCC4)CC3)CC2)c2ccccc21. The van der Waals surface area contributed by atoms with Crippen LogP contribution in [0.15, 0.2) is 29.4 Å². The Kier molecular flexibility index (Phi) is 6.51. The van der Waals surface area contributed by atoms with Gasteiger partial charge in [0.1, 0.15) is 7.11 Å². The van der Waals surface area contributed by atoms with Gasteiger partial charge < -0.3 is 19.4 Å². The summed E-state index contributed by atoms with van der Waals surface area (Å²) in [4.78, 5) is 23.2. The van der Waals surface area contributed by atoms with Crippen molar-refractivity contribution in [3.63, 3.8) is 0 Å². The molecule has 5 rings (SSSR count). The highest BCUT2D eigenvalue weighted by Crippen LogP contribution is 2.46. The molecular weight excluding hydrogens is 402 g/mol. The minimum atomic E-state index is 0.109. The number of hydrogen-bond acceptors (Lipinski definition) is 5. The van der Waals surface area contributed by atoms with Crippen molar-refractivity contribution in [2.45, 2.75) is 50.4 Å². The van der Waals surface area contributed by atoms with E-state index in [0.29, 0.717) is 5.91 Å². The van der Waals surface area contributed by atoms with Crippen LogP contribution in [0.5, 0.6) is 0 Å². The Morgan fingerprint density at radius 1 is 1.09 bits per heavy atom. The zero-order valence-corrected chi connectivity index (χ0v) is 19.4. The van der Waals surface area contributed by atoms with E-state index in [1.165, 1.54) is 30.5 Å². The van der Waals surface area contributed by atoms with Crippen molar-refractivity contribution in [1.29, 1.82) is 0 Å². The van der Waals surface area contributed by atoms with Crippen LogP contribution < -0.4 is 0 Å². The van der Waals surface area contributed by atoms with E-state index in [9.17, 15) is 4.79 Å². The van der Waals surface area contributed by atoms with Gasteiger partial charge >= 0.3 is 0 Å². The number of rotatable bonds is 4. The first kappa shape index (κ1) is 21.9. The maximum Gasteiger partial charge on any atom is 0.225 e. The van der Waals surface area contributed by atoms with Crippen LogP contribution >= 0.6 is 0 Å². The van der Waals surface area contributed by atoms with Crippen LogP contribution in [-0.4, -0.2) is 74.5 Å². The highest BCUT2D eigenvalue weighted by Gasteiger charge is 2.45. The number of amides is 1. The van der Waals surface area contributed by atoms with Crippen molar-refractivity contribution in [3.05, 3.63) is 35.4 Å². The minimum absolute atomic E-state index is 0.109. The second-order valence-corrected chi connectivity index (χ2v) is 10.2. The average molecular weight is 440 g/mol. The molecule has 3 heterocycles. The van der Waals surface area contributed by atoms with Crippen molar-refractivity contribution in [3.8, 4) is 0 Å². The third-order valence-electron chi connectivity index (χ3n) is 8.34.